The Bertz CT molecular complexity index is 7420. The minimum atomic E-state index is -0.539. The number of benzene rings is 3. The van der Waals surface area contributed by atoms with Crippen molar-refractivity contribution >= 4 is 182 Å². The molecule has 746 valence electrons. The molecule has 0 saturated heterocycles. The number of amides is 2. The molecule has 4 saturated carbocycles. The van der Waals surface area contributed by atoms with E-state index < -0.39 is 11.2 Å². The van der Waals surface area contributed by atoms with Crippen molar-refractivity contribution in [1.82, 2.24) is 113 Å². The number of rotatable bonds is 13. The van der Waals surface area contributed by atoms with Gasteiger partial charge in [0.05, 0.1) is 46.9 Å². The van der Waals surface area contributed by atoms with Crippen molar-refractivity contribution in [1.29, 1.82) is 0 Å². The number of ether oxygens (including phenoxy) is 2. The Morgan fingerprint density at radius 2 is 0.816 bits per heavy atom. The van der Waals surface area contributed by atoms with E-state index in [1.54, 1.807) is 78.0 Å². The van der Waals surface area contributed by atoms with Gasteiger partial charge in [-0.1, -0.05) is 125 Å². The topological polar surface area (TPSA) is 394 Å². The third-order valence-corrected chi connectivity index (χ3v) is 29.1. The molecule has 0 bridgehead atoms. The number of halogens is 2. The van der Waals surface area contributed by atoms with E-state index in [1.165, 1.54) is 57.1 Å². The van der Waals surface area contributed by atoms with Crippen molar-refractivity contribution in [3.63, 3.8) is 0 Å². The smallest absolute Gasteiger partial charge is 0.410 e. The Labute approximate surface area is 856 Å². The first-order chi connectivity index (χ1) is 66.3. The average molecular weight is 2110 g/mol. The number of nitrogens with zero attached hydrogens (tertiary/aromatic N) is 21. The third-order valence-electron chi connectivity index (χ3n) is 24.2. The van der Waals surface area contributed by atoms with Crippen LogP contribution in [0.1, 0.15) is 256 Å². The molecule has 6 N–H and O–H groups in total. The fourth-order valence-electron chi connectivity index (χ4n) is 16.0. The van der Waals surface area contributed by atoms with Gasteiger partial charge in [0, 0.05) is 118 Å². The molecule has 4 aliphatic carbocycles. The van der Waals surface area contributed by atoms with Crippen molar-refractivity contribution in [2.75, 3.05) is 48.5 Å². The number of aromatic nitrogens is 20. The SMILES string of the molecule is CC(C)(C)OC(=O)N1CCc2ccc(N)cc2C1.CC(C)(C)OC(=O)N1CCc2ccc(Nc3ncc4c(=O)n(C5CC5)n(-c5nc(C(C)(C)C)cs5)c4n3)cc2C1.CC(C)(C)c1csc(-n2c3nc(Nc4ccc5c(c4)CNCC5)ncc3c(=O)n2C2CC2)n1.CC(C)(C)c1csc(Br)n1.CSc1ncc2c(=O)n(C3CC3)[nH]c2n1.CSc1ncc2c(=O)n(C3CC3)n(-c3nc(C(C)(C)C)cs3)c2n1.Cl. The van der Waals surface area contributed by atoms with Crippen molar-refractivity contribution in [3.8, 4) is 15.4 Å². The van der Waals surface area contributed by atoms with Crippen LogP contribution in [0.3, 0.4) is 0 Å². The first kappa shape index (κ1) is 103. The lowest BCUT2D eigenvalue weighted by atomic mass is 9.93. The lowest BCUT2D eigenvalue weighted by molar-refractivity contribution is 0.0214. The molecule has 2 amide bonds. The van der Waals surface area contributed by atoms with Gasteiger partial charge in [-0.15, -0.1) is 57.8 Å². The van der Waals surface area contributed by atoms with Crippen molar-refractivity contribution in [2.45, 2.75) is 282 Å². The van der Waals surface area contributed by atoms with Crippen LogP contribution in [0.5, 0.6) is 0 Å². The number of aromatic amines is 1. The van der Waals surface area contributed by atoms with Crippen molar-refractivity contribution < 1.29 is 19.1 Å². The summed E-state index contributed by atoms with van der Waals surface area (Å²) in [4.78, 5) is 134. The number of hydrogen-bond acceptors (Lipinski definition) is 30. The van der Waals surface area contributed by atoms with Gasteiger partial charge in [0.25, 0.3) is 22.2 Å². The summed E-state index contributed by atoms with van der Waals surface area (Å²) < 4.78 is 24.7. The maximum absolute atomic E-state index is 13.4. The number of nitrogens with one attached hydrogen (secondary N) is 4. The molecule has 15 aromatic rings. The van der Waals surface area contributed by atoms with Gasteiger partial charge in [0.2, 0.25) is 27.3 Å². The van der Waals surface area contributed by atoms with Crippen LogP contribution < -0.4 is 43.9 Å². The minimum Gasteiger partial charge on any atom is -0.444 e. The highest BCUT2D eigenvalue weighted by molar-refractivity contribution is 9.11. The molecule has 15 heterocycles. The fraction of sp³-hybridized carbons (Fsp3) is 0.475. The molecule has 12 aromatic heterocycles. The molecular weight excluding hydrogens is 1990 g/mol. The summed E-state index contributed by atoms with van der Waals surface area (Å²) in [6.45, 7) is 41.2. The number of thiazole rings is 4. The number of hydrogen-bond donors (Lipinski definition) is 5. The predicted octanol–water partition coefficient (Wildman–Crippen LogP) is 20.5. The van der Waals surface area contributed by atoms with Crippen molar-refractivity contribution in [3.05, 3.63) is 202 Å². The van der Waals surface area contributed by atoms with Gasteiger partial charge in [0.15, 0.2) is 36.8 Å². The number of fused-ring (bicyclic) bond motifs is 7. The van der Waals surface area contributed by atoms with E-state index in [0.717, 1.165) is 154 Å². The number of thioether (sulfide) groups is 2. The fourth-order valence-corrected chi connectivity index (χ4v) is 21.1. The van der Waals surface area contributed by atoms with Crippen LogP contribution in [0, 0.1) is 0 Å². The van der Waals surface area contributed by atoms with E-state index >= 15 is 0 Å². The maximum atomic E-state index is 13.4. The van der Waals surface area contributed by atoms with Crippen LogP contribution >= 0.6 is 97.2 Å². The Hall–Kier alpha value is -11.1. The molecule has 3 aliphatic heterocycles. The summed E-state index contributed by atoms with van der Waals surface area (Å²) in [6, 6.07) is 19.3. The van der Waals surface area contributed by atoms with E-state index in [0.29, 0.717) is 98.6 Å². The number of carbonyl (C=O) groups is 2. The number of anilines is 5. The van der Waals surface area contributed by atoms with Gasteiger partial charge in [-0.3, -0.25) is 24.3 Å². The summed E-state index contributed by atoms with van der Waals surface area (Å²) in [5.74, 6) is 0.863. The largest absolute Gasteiger partial charge is 0.444 e. The minimum absolute atomic E-state index is 0. The van der Waals surface area contributed by atoms with Crippen LogP contribution in [-0.2, 0) is 70.0 Å². The van der Waals surface area contributed by atoms with Crippen LogP contribution in [0.4, 0.5) is 38.5 Å². The molecule has 3 aromatic carbocycles. The van der Waals surface area contributed by atoms with Gasteiger partial charge in [0.1, 0.15) is 32.7 Å². The number of carbonyl (C=O) groups excluding carboxylic acids is 2. The van der Waals surface area contributed by atoms with E-state index in [-0.39, 0.29) is 86.6 Å². The van der Waals surface area contributed by atoms with Gasteiger partial charge < -0.3 is 41.0 Å². The first-order valence-corrected chi connectivity index (χ1v) is 53.9. The molecular formula is C99H122BrClN26O8S6. The van der Waals surface area contributed by atoms with Crippen LogP contribution in [0.15, 0.2) is 134 Å². The van der Waals surface area contributed by atoms with E-state index in [2.05, 4.69) is 201 Å². The Kier molecular flexibility index (Phi) is 29.9. The molecule has 7 aliphatic rings. The Balaban J connectivity index is 0.000000128. The molecule has 0 radical (unpaired) electrons. The number of nitrogens with two attached hydrogens (primary N) is 1. The van der Waals surface area contributed by atoms with Crippen molar-refractivity contribution in [2.24, 2.45) is 0 Å². The highest BCUT2D eigenvalue weighted by Crippen LogP contribution is 2.42. The lowest BCUT2D eigenvalue weighted by Gasteiger charge is -2.31. The van der Waals surface area contributed by atoms with E-state index in [4.69, 9.17) is 40.1 Å². The second-order valence-corrected chi connectivity index (χ2v) is 48.4. The average Bonchev–Trinajstić information content (AvgIpc) is 1.59. The second kappa shape index (κ2) is 41.0. The molecule has 34 nitrogen and oxygen atoms in total. The van der Waals surface area contributed by atoms with Gasteiger partial charge in [-0.25, -0.2) is 92.2 Å². The monoisotopic (exact) mass is 2110 g/mol. The highest BCUT2D eigenvalue weighted by atomic mass is 79.9. The zero-order chi connectivity index (χ0) is 99.7. The van der Waals surface area contributed by atoms with Crippen LogP contribution in [0.2, 0.25) is 0 Å². The third kappa shape index (κ3) is 23.9. The molecule has 0 unspecified atom stereocenters. The molecule has 42 heteroatoms. The second-order valence-electron chi connectivity index (χ2n) is 42.2. The zero-order valence-corrected chi connectivity index (χ0v) is 90.4. The molecule has 22 rings (SSSR count). The standard InChI is InChI=1S/C29H35N7O3S.C24H27N7OS.C16H19N5OS2.C14H20N2O2.C9H10N4OS.C7H10BrNS.ClH/c1-28(2,3)22-16-40-26(32-22)36-23-21(24(37)35(36)20-9-10-20)14-30-25(33-23)31-19-8-7-17-11-12-34(15-18(17)13-19)27(38)39-29(4,5)6;1-24(2,3)19-13-33-23(28-19)31-20-18(21(32)30(31)17-6-7-17)12-26-22(29-20)27-16-5-4-14-8-9-25-11-15(14)10-16;1-16(2,3)11-8-24-15(18-11)21-12-10(7-17-14(19-12)23-4)13(22)20(21)9-5-6-9;1-14(2,3)18-13(17)16-7-6-10-4-5-12(15)8-11(10)9-16;1-15-9-10-4-6-7(11-9)12-13(8(6)14)5-2-3-5;1-7(2,3)5-4-10-6(8)9-5;/h7-8,13-14,16,20H,9-12,15H2,1-6H3,(H,30,31,33);4-5,10,12-13,17,25H,6-9,11H2,1-3H3,(H,26,27,29);7-9H,5-6H2,1-4H3;4-5,8H,6-7,9,15H2,1-3H3;4-5H,2-3H2,1H3,(H,10,11,12);4H,1-3H3;1H. The quantitative estimate of drug-likeness (QED) is 0.0406. The van der Waals surface area contributed by atoms with Crippen LogP contribution in [0.25, 0.3) is 59.5 Å². The predicted molar refractivity (Wildman–Crippen MR) is 569 cm³/mol. The summed E-state index contributed by atoms with van der Waals surface area (Å²) in [5.41, 5.74) is 21.0. The van der Waals surface area contributed by atoms with Crippen LogP contribution in [-0.4, -0.2) is 163 Å². The molecule has 0 atom stereocenters. The van der Waals surface area contributed by atoms with E-state index in [9.17, 15) is 28.8 Å². The van der Waals surface area contributed by atoms with Gasteiger partial charge in [-0.05, 0) is 217 Å². The molecule has 0 spiro atoms. The maximum Gasteiger partial charge on any atom is 0.410 e. The zero-order valence-electron chi connectivity index (χ0n) is 83.1. The number of H-pyrrole nitrogens is 1. The summed E-state index contributed by atoms with van der Waals surface area (Å²) in [5, 5.41) is 27.2. The highest BCUT2D eigenvalue weighted by Gasteiger charge is 2.38. The normalized spacial score (nSPS) is 15.4. The Morgan fingerprint density at radius 1 is 0.440 bits per heavy atom. The lowest BCUT2D eigenvalue weighted by Crippen LogP contribution is -2.39. The molecule has 4 fully saturated rings. The Morgan fingerprint density at radius 3 is 1.21 bits per heavy atom. The van der Waals surface area contributed by atoms with Gasteiger partial charge >= 0.3 is 12.2 Å². The summed E-state index contributed by atoms with van der Waals surface area (Å²) in [6.07, 6.45) is 20.6. The molecule has 141 heavy (non-hydrogen) atoms. The summed E-state index contributed by atoms with van der Waals surface area (Å²) in [7, 11) is 0. The first-order valence-electron chi connectivity index (χ1n) is 47.2. The van der Waals surface area contributed by atoms with E-state index in [1.807, 2.05) is 108 Å². The van der Waals surface area contributed by atoms with Gasteiger partial charge in [-0.2, -0.15) is 9.97 Å². The summed E-state index contributed by atoms with van der Waals surface area (Å²) >= 11 is 12.5. The number of nitrogen functional groups attached to an aromatic ring is 1.